The van der Waals surface area contributed by atoms with Gasteiger partial charge in [0, 0.05) is 30.2 Å². The Balaban J connectivity index is 1.42. The molecule has 0 radical (unpaired) electrons. The summed E-state index contributed by atoms with van der Waals surface area (Å²) in [7, 11) is 0. The van der Waals surface area contributed by atoms with Crippen LogP contribution in [0.15, 0.2) is 78.8 Å². The van der Waals surface area contributed by atoms with Gasteiger partial charge in [0.25, 0.3) is 0 Å². The van der Waals surface area contributed by atoms with E-state index in [4.69, 9.17) is 11.6 Å². The molecule has 1 aliphatic carbocycles. The van der Waals surface area contributed by atoms with Gasteiger partial charge in [-0.25, -0.2) is 0 Å². The summed E-state index contributed by atoms with van der Waals surface area (Å²) < 4.78 is 1.40. The number of carbonyl (C=O) groups excluding carboxylic acids is 3. The second kappa shape index (κ2) is 10.8. The van der Waals surface area contributed by atoms with E-state index >= 15 is 0 Å². The Morgan fingerprint density at radius 3 is 2.59 bits per heavy atom. The molecule has 1 fully saturated rings. The van der Waals surface area contributed by atoms with Gasteiger partial charge in [-0.1, -0.05) is 54.1 Å². The lowest BCUT2D eigenvalue weighted by Gasteiger charge is -2.38. The first-order valence-electron chi connectivity index (χ1n) is 11.9. The number of anilines is 1. The number of hydrogen-bond acceptors (Lipinski definition) is 6. The topological polar surface area (TPSA) is 113 Å². The lowest BCUT2D eigenvalue weighted by molar-refractivity contribution is -0.150. The molecule has 37 heavy (non-hydrogen) atoms. The number of piperazine rings is 1. The molecule has 11 heteroatoms. The number of benzene rings is 2. The highest BCUT2D eigenvalue weighted by Gasteiger charge is 2.40. The molecule has 2 heterocycles. The molecule has 3 amide bonds. The van der Waals surface area contributed by atoms with Crippen molar-refractivity contribution in [2.24, 2.45) is 0 Å². The molecular weight excluding hydrogens is 494 g/mol. The van der Waals surface area contributed by atoms with Gasteiger partial charge in [0.1, 0.15) is 12.4 Å². The third-order valence-electron chi connectivity index (χ3n) is 6.29. The number of nitrogens with one attached hydrogen (secondary N) is 1. The maximum absolute atomic E-state index is 13.5. The van der Waals surface area contributed by atoms with Gasteiger partial charge >= 0.3 is 11.8 Å². The Kier molecular flexibility index (Phi) is 7.09. The van der Waals surface area contributed by atoms with Crippen molar-refractivity contribution in [1.82, 2.24) is 30.4 Å². The van der Waals surface area contributed by atoms with Gasteiger partial charge in [-0.2, -0.15) is 4.68 Å². The Morgan fingerprint density at radius 2 is 1.86 bits per heavy atom. The zero-order chi connectivity index (χ0) is 25.8. The van der Waals surface area contributed by atoms with Gasteiger partial charge in [-0.15, -0.1) is 5.10 Å². The predicted octanol–water partition coefficient (Wildman–Crippen LogP) is 2.45. The molecule has 2 aliphatic rings. The maximum atomic E-state index is 13.5. The summed E-state index contributed by atoms with van der Waals surface area (Å²) in [5, 5.41) is 14.5. The molecule has 1 aliphatic heterocycles. The van der Waals surface area contributed by atoms with Gasteiger partial charge < -0.3 is 15.1 Å². The van der Waals surface area contributed by atoms with Crippen LogP contribution in [0.2, 0.25) is 5.02 Å². The van der Waals surface area contributed by atoms with Gasteiger partial charge in [-0.3, -0.25) is 14.4 Å². The fourth-order valence-electron chi connectivity index (χ4n) is 4.47. The number of nitrogens with zero attached hydrogens (tertiary/aromatic N) is 6. The molecule has 0 spiro atoms. The predicted molar refractivity (Wildman–Crippen MR) is 137 cm³/mol. The molecule has 1 atom stereocenters. The largest absolute Gasteiger partial charge is 0.325 e. The first kappa shape index (κ1) is 24.4. The average molecular weight is 518 g/mol. The first-order chi connectivity index (χ1) is 18.0. The van der Waals surface area contributed by atoms with Crippen LogP contribution in [0.3, 0.4) is 0 Å². The van der Waals surface area contributed by atoms with E-state index < -0.39 is 17.9 Å². The first-order valence-corrected chi connectivity index (χ1v) is 12.3. The lowest BCUT2D eigenvalue weighted by atomic mass is 10.0. The van der Waals surface area contributed by atoms with Gasteiger partial charge in [0.2, 0.25) is 5.91 Å². The molecule has 0 bridgehead atoms. The van der Waals surface area contributed by atoms with E-state index in [1.807, 2.05) is 48.6 Å². The molecule has 1 saturated heterocycles. The van der Waals surface area contributed by atoms with Crippen molar-refractivity contribution in [1.29, 1.82) is 0 Å². The van der Waals surface area contributed by atoms with E-state index in [2.05, 4.69) is 20.8 Å². The van der Waals surface area contributed by atoms with E-state index in [-0.39, 0.29) is 25.4 Å². The Morgan fingerprint density at radius 1 is 1.03 bits per heavy atom. The minimum atomic E-state index is -0.865. The molecule has 1 N–H and O–H groups in total. The average Bonchev–Trinajstić information content (AvgIpc) is 3.45. The van der Waals surface area contributed by atoms with Gasteiger partial charge in [-0.05, 0) is 53.1 Å². The van der Waals surface area contributed by atoms with Crippen molar-refractivity contribution in [2.75, 3.05) is 18.0 Å². The lowest BCUT2D eigenvalue weighted by Crippen LogP contribution is -2.61. The van der Waals surface area contributed by atoms with Crippen molar-refractivity contribution >= 4 is 35.0 Å². The zero-order valence-electron chi connectivity index (χ0n) is 19.8. The number of hydrogen-bond donors (Lipinski definition) is 1. The number of halogens is 1. The monoisotopic (exact) mass is 517 g/mol. The summed E-state index contributed by atoms with van der Waals surface area (Å²) >= 11 is 6.23. The van der Waals surface area contributed by atoms with E-state index in [9.17, 15) is 14.4 Å². The summed E-state index contributed by atoms with van der Waals surface area (Å²) in [4.78, 5) is 43.0. The van der Waals surface area contributed by atoms with Crippen molar-refractivity contribution in [3.05, 3.63) is 89.4 Å². The normalized spacial score (nSPS) is 16.5. The summed E-state index contributed by atoms with van der Waals surface area (Å²) in [5.41, 5.74) is 2.48. The molecule has 2 aromatic carbocycles. The third kappa shape index (κ3) is 5.29. The van der Waals surface area contributed by atoms with Crippen molar-refractivity contribution in [3.8, 4) is 5.69 Å². The van der Waals surface area contributed by atoms with E-state index in [0.717, 1.165) is 18.4 Å². The quantitative estimate of drug-likeness (QED) is 0.482. The third-order valence-corrected chi connectivity index (χ3v) is 6.53. The number of aromatic nitrogens is 4. The Hall–Kier alpha value is -4.31. The fraction of sp³-hybridized carbons (Fsp3) is 0.231. The zero-order valence-corrected chi connectivity index (χ0v) is 20.6. The van der Waals surface area contributed by atoms with Gasteiger partial charge in [0.05, 0.1) is 11.4 Å². The SMILES string of the molecule is O=C(NC1=CCCC=C1)[C@H](Cc1ccccc1)N1CCN(c2cc(Cl)ccc2-n2cnnn2)C(=O)C1=O. The number of tetrazole rings is 1. The van der Waals surface area contributed by atoms with Crippen LogP contribution in [0.25, 0.3) is 5.69 Å². The number of allylic oxidation sites excluding steroid dienone is 3. The Bertz CT molecular complexity index is 1370. The summed E-state index contributed by atoms with van der Waals surface area (Å²) in [6.45, 7) is 0.327. The van der Waals surface area contributed by atoms with Crippen molar-refractivity contribution < 1.29 is 14.4 Å². The van der Waals surface area contributed by atoms with Crippen LogP contribution in [0.4, 0.5) is 5.69 Å². The van der Waals surface area contributed by atoms with Crippen molar-refractivity contribution in [3.63, 3.8) is 0 Å². The summed E-state index contributed by atoms with van der Waals surface area (Å²) in [6, 6.07) is 13.5. The smallest absolute Gasteiger partial charge is 0.316 e. The molecule has 0 saturated carbocycles. The van der Waals surface area contributed by atoms with Crippen LogP contribution in [0.1, 0.15) is 18.4 Å². The second-order valence-corrected chi connectivity index (χ2v) is 9.11. The highest BCUT2D eigenvalue weighted by Crippen LogP contribution is 2.29. The van der Waals surface area contributed by atoms with Crippen LogP contribution in [-0.2, 0) is 20.8 Å². The number of amides is 3. The second-order valence-electron chi connectivity index (χ2n) is 8.68. The molecule has 10 nitrogen and oxygen atoms in total. The summed E-state index contributed by atoms with van der Waals surface area (Å²) in [5.74, 6) is -1.86. The molecule has 1 aromatic heterocycles. The van der Waals surface area contributed by atoms with E-state index in [0.29, 0.717) is 22.1 Å². The van der Waals surface area contributed by atoms with Crippen LogP contribution >= 0.6 is 11.6 Å². The van der Waals surface area contributed by atoms with Crippen LogP contribution in [0, 0.1) is 0 Å². The van der Waals surface area contributed by atoms with E-state index in [1.165, 1.54) is 20.8 Å². The summed E-state index contributed by atoms with van der Waals surface area (Å²) in [6.07, 6.45) is 9.20. The van der Waals surface area contributed by atoms with E-state index in [1.54, 1.807) is 18.2 Å². The minimum Gasteiger partial charge on any atom is -0.325 e. The highest BCUT2D eigenvalue weighted by molar-refractivity contribution is 6.41. The molecule has 188 valence electrons. The maximum Gasteiger partial charge on any atom is 0.316 e. The highest BCUT2D eigenvalue weighted by atomic mass is 35.5. The number of carbonyl (C=O) groups is 3. The van der Waals surface area contributed by atoms with Crippen LogP contribution < -0.4 is 10.2 Å². The molecular formula is C26H24ClN7O3. The van der Waals surface area contributed by atoms with Gasteiger partial charge in [0.15, 0.2) is 0 Å². The number of rotatable bonds is 7. The van der Waals surface area contributed by atoms with Crippen molar-refractivity contribution in [2.45, 2.75) is 25.3 Å². The fourth-order valence-corrected chi connectivity index (χ4v) is 4.63. The van der Waals surface area contributed by atoms with Crippen LogP contribution in [-0.4, -0.2) is 62.0 Å². The minimum absolute atomic E-state index is 0.159. The Labute approximate surface area is 218 Å². The molecule has 0 unspecified atom stereocenters. The van der Waals surface area contributed by atoms with Crippen LogP contribution in [0.5, 0.6) is 0 Å². The molecule has 5 rings (SSSR count). The standard InChI is InChI=1S/C26H24ClN7O3/c27-19-11-12-21(34-17-28-30-31-34)22(16-19)32-13-14-33(26(37)25(32)36)23(15-18-7-3-1-4-8-18)24(35)29-20-9-5-2-6-10-20/h1,3-5,7-12,16-17,23H,2,6,13-15H2,(H,29,35)/t23-/m0/s1. The molecule has 3 aromatic rings.